The van der Waals surface area contributed by atoms with Crippen LogP contribution in [-0.2, 0) is 9.53 Å². The maximum Gasteiger partial charge on any atom is 0.337 e. The zero-order valence-electron chi connectivity index (χ0n) is 7.06. The minimum Gasteiger partial charge on any atom is -0.471 e. The number of nitrogens with zero attached hydrogens (tertiary/aromatic N) is 1. The van der Waals surface area contributed by atoms with E-state index in [0.717, 1.165) is 0 Å². The molecule has 66 valence electrons. The summed E-state index contributed by atoms with van der Waals surface area (Å²) in [6.07, 6.45) is 0.622. The maximum atomic E-state index is 11.1. The van der Waals surface area contributed by atoms with Gasteiger partial charge in [-0.05, 0) is 13.3 Å². The molecule has 3 nitrogen and oxygen atoms in total. The average molecular weight is 232 g/mol. The number of carbonyl (C=O) groups is 1. The molecule has 0 unspecified atom stereocenters. The summed E-state index contributed by atoms with van der Waals surface area (Å²) in [7, 11) is 0. The van der Waals surface area contributed by atoms with Gasteiger partial charge in [-0.25, -0.2) is 4.85 Å². The van der Waals surface area contributed by atoms with Gasteiger partial charge in [-0.3, -0.25) is 4.79 Å². The number of rotatable bonds is 3. The molecule has 0 aliphatic heterocycles. The average Bonchev–Trinajstić information content (AvgIpc) is 2.06. The van der Waals surface area contributed by atoms with Gasteiger partial charge in [0.1, 0.15) is 0 Å². The summed E-state index contributed by atoms with van der Waals surface area (Å²) in [6, 6.07) is 0. The summed E-state index contributed by atoms with van der Waals surface area (Å²) >= 11 is 3.14. The van der Waals surface area contributed by atoms with Gasteiger partial charge in [-0.2, -0.15) is 0 Å². The van der Waals surface area contributed by atoms with E-state index < -0.39 is 5.97 Å². The Morgan fingerprint density at radius 2 is 2.17 bits per heavy atom. The number of hydrogen-bond acceptors (Lipinski definition) is 2. The molecule has 0 aromatic heterocycles. The molecule has 0 aliphatic carbocycles. The molecule has 0 aliphatic rings. The minimum absolute atomic E-state index is 0.0411. The van der Waals surface area contributed by atoms with Crippen molar-refractivity contribution in [3.63, 3.8) is 0 Å². The second-order valence-corrected chi connectivity index (χ2v) is 2.90. The van der Waals surface area contributed by atoms with E-state index in [2.05, 4.69) is 25.5 Å². The monoisotopic (exact) mass is 231 g/mol. The number of esters is 1. The van der Waals surface area contributed by atoms with E-state index in [9.17, 15) is 4.79 Å². The van der Waals surface area contributed by atoms with Crippen LogP contribution in [0.25, 0.3) is 4.85 Å². The Hall–Kier alpha value is -0.820. The lowest BCUT2D eigenvalue weighted by atomic mass is 10.3. The van der Waals surface area contributed by atoms with E-state index in [0.29, 0.717) is 17.5 Å². The SMILES string of the molecule is [C-]#[N+]/C(C(=O)OCC)=C(\Br)CC. The highest BCUT2D eigenvalue weighted by Gasteiger charge is 2.13. The Kier molecular flexibility index (Phi) is 5.39. The van der Waals surface area contributed by atoms with Crippen molar-refractivity contribution in [2.24, 2.45) is 0 Å². The van der Waals surface area contributed by atoms with Crippen LogP contribution in [0.4, 0.5) is 0 Å². The topological polar surface area (TPSA) is 30.7 Å². The molecule has 0 spiro atoms. The first-order valence-corrected chi connectivity index (χ1v) is 4.39. The van der Waals surface area contributed by atoms with Crippen LogP contribution >= 0.6 is 15.9 Å². The van der Waals surface area contributed by atoms with Crippen molar-refractivity contribution in [3.05, 3.63) is 21.6 Å². The first-order valence-electron chi connectivity index (χ1n) is 3.60. The molecule has 0 fully saturated rings. The van der Waals surface area contributed by atoms with Crippen molar-refractivity contribution in [2.45, 2.75) is 20.3 Å². The van der Waals surface area contributed by atoms with Crippen molar-refractivity contribution in [2.75, 3.05) is 6.61 Å². The molecule has 0 N–H and O–H groups in total. The van der Waals surface area contributed by atoms with Gasteiger partial charge in [0.05, 0.1) is 13.2 Å². The molecule has 0 atom stereocenters. The number of carbonyl (C=O) groups excluding carboxylic acids is 1. The van der Waals surface area contributed by atoms with Gasteiger partial charge in [0, 0.05) is 4.48 Å². The highest BCUT2D eigenvalue weighted by molar-refractivity contribution is 9.11. The van der Waals surface area contributed by atoms with Crippen LogP contribution in [0.1, 0.15) is 20.3 Å². The van der Waals surface area contributed by atoms with Gasteiger partial charge in [-0.1, -0.05) is 22.9 Å². The minimum atomic E-state index is -0.554. The van der Waals surface area contributed by atoms with Crippen molar-refractivity contribution < 1.29 is 9.53 Å². The quantitative estimate of drug-likeness (QED) is 0.425. The lowest BCUT2D eigenvalue weighted by molar-refractivity contribution is -0.138. The molecule has 0 aromatic carbocycles. The fraction of sp³-hybridized carbons (Fsp3) is 0.500. The van der Waals surface area contributed by atoms with E-state index in [1.807, 2.05) is 6.92 Å². The molecule has 0 amide bonds. The number of hydrogen-bond donors (Lipinski definition) is 0. The molecule has 0 radical (unpaired) electrons. The van der Waals surface area contributed by atoms with Crippen LogP contribution < -0.4 is 0 Å². The standard InChI is InChI=1S/C8H10BrNO2/c1-4-6(9)7(10-3)8(11)12-5-2/h4-5H2,1-2H3/b7-6-. The Balaban J connectivity index is 4.59. The lowest BCUT2D eigenvalue weighted by Gasteiger charge is -2.00. The van der Waals surface area contributed by atoms with Crippen molar-refractivity contribution >= 4 is 21.9 Å². The third-order valence-corrected chi connectivity index (χ3v) is 2.08. The molecule has 0 saturated carbocycles. The Bertz CT molecular complexity index is 240. The Morgan fingerprint density at radius 1 is 1.58 bits per heavy atom. The molecule has 12 heavy (non-hydrogen) atoms. The van der Waals surface area contributed by atoms with Gasteiger partial charge < -0.3 is 4.74 Å². The van der Waals surface area contributed by atoms with Crippen LogP contribution in [0, 0.1) is 6.57 Å². The molecule has 0 saturated heterocycles. The molecule has 0 bridgehead atoms. The second-order valence-electron chi connectivity index (χ2n) is 1.94. The normalized spacial score (nSPS) is 11.5. The van der Waals surface area contributed by atoms with Crippen LogP contribution in [0.15, 0.2) is 10.2 Å². The third kappa shape index (κ3) is 3.05. The van der Waals surface area contributed by atoms with E-state index in [1.54, 1.807) is 6.92 Å². The predicted octanol–water partition coefficient (Wildman–Crippen LogP) is 2.49. The first-order chi connectivity index (χ1) is 5.67. The smallest absolute Gasteiger partial charge is 0.337 e. The number of allylic oxidation sites excluding steroid dienone is 1. The fourth-order valence-corrected chi connectivity index (χ4v) is 0.834. The van der Waals surface area contributed by atoms with Gasteiger partial charge in [0.25, 0.3) is 5.70 Å². The second kappa shape index (κ2) is 5.78. The summed E-state index contributed by atoms with van der Waals surface area (Å²) < 4.78 is 5.27. The van der Waals surface area contributed by atoms with Gasteiger partial charge >= 0.3 is 5.97 Å². The first kappa shape index (κ1) is 11.2. The molecular weight excluding hydrogens is 222 g/mol. The van der Waals surface area contributed by atoms with E-state index in [4.69, 9.17) is 6.57 Å². The number of ether oxygens (including phenoxy) is 1. The zero-order valence-corrected chi connectivity index (χ0v) is 8.64. The Labute approximate surface area is 80.3 Å². The van der Waals surface area contributed by atoms with E-state index >= 15 is 0 Å². The highest BCUT2D eigenvalue weighted by atomic mass is 79.9. The maximum absolute atomic E-state index is 11.1. The van der Waals surface area contributed by atoms with Gasteiger partial charge in [0.15, 0.2) is 0 Å². The van der Waals surface area contributed by atoms with Crippen LogP contribution in [-0.4, -0.2) is 12.6 Å². The molecular formula is C8H10BrNO2. The van der Waals surface area contributed by atoms with E-state index in [1.165, 1.54) is 0 Å². The molecule has 0 heterocycles. The largest absolute Gasteiger partial charge is 0.471 e. The van der Waals surface area contributed by atoms with Gasteiger partial charge in [0.2, 0.25) is 0 Å². The zero-order chi connectivity index (χ0) is 9.56. The summed E-state index contributed by atoms with van der Waals surface area (Å²) in [5.41, 5.74) is 0.0411. The van der Waals surface area contributed by atoms with Crippen molar-refractivity contribution in [3.8, 4) is 0 Å². The number of halogens is 1. The lowest BCUT2D eigenvalue weighted by Crippen LogP contribution is -2.06. The summed E-state index contributed by atoms with van der Waals surface area (Å²) in [6.45, 7) is 10.6. The molecule has 0 aromatic rings. The summed E-state index contributed by atoms with van der Waals surface area (Å²) in [5.74, 6) is -0.554. The van der Waals surface area contributed by atoms with Crippen molar-refractivity contribution in [1.29, 1.82) is 0 Å². The highest BCUT2D eigenvalue weighted by Crippen LogP contribution is 2.17. The van der Waals surface area contributed by atoms with E-state index in [-0.39, 0.29) is 5.70 Å². The fourth-order valence-electron chi connectivity index (χ4n) is 0.584. The molecule has 4 heteroatoms. The van der Waals surface area contributed by atoms with Crippen LogP contribution in [0.3, 0.4) is 0 Å². The predicted molar refractivity (Wildman–Crippen MR) is 49.5 cm³/mol. The van der Waals surface area contributed by atoms with Crippen LogP contribution in [0.5, 0.6) is 0 Å². The summed E-state index contributed by atoms with van der Waals surface area (Å²) in [4.78, 5) is 14.1. The third-order valence-electron chi connectivity index (χ3n) is 1.15. The molecule has 0 rings (SSSR count). The summed E-state index contributed by atoms with van der Waals surface area (Å²) in [5, 5.41) is 0. The van der Waals surface area contributed by atoms with Gasteiger partial charge in [-0.15, -0.1) is 0 Å². The van der Waals surface area contributed by atoms with Crippen LogP contribution in [0.2, 0.25) is 0 Å². The van der Waals surface area contributed by atoms with Crippen molar-refractivity contribution in [1.82, 2.24) is 0 Å². The Morgan fingerprint density at radius 3 is 2.50 bits per heavy atom.